The Morgan fingerprint density at radius 2 is 2.36 bits per heavy atom. The zero-order valence-electron chi connectivity index (χ0n) is 7.37. The summed E-state index contributed by atoms with van der Waals surface area (Å²) in [6.45, 7) is 0.751. The van der Waals surface area contributed by atoms with Gasteiger partial charge in [-0.25, -0.2) is 0 Å². The smallest absolute Gasteiger partial charge is 0.189 e. The fraction of sp³-hybridized carbons (Fsp3) is 0.222. The van der Waals surface area contributed by atoms with E-state index in [0.29, 0.717) is 11.6 Å². The standard InChI is InChI=1S/C9H9ClN2O2/c10-8-1-6(3-12-11)9-7(2-8)4-13-5-14-9/h1-3H,4-5,11H2. The van der Waals surface area contributed by atoms with E-state index in [1.807, 2.05) is 6.07 Å². The highest BCUT2D eigenvalue weighted by molar-refractivity contribution is 6.31. The molecular formula is C9H9ClN2O2. The average molecular weight is 213 g/mol. The van der Waals surface area contributed by atoms with Gasteiger partial charge in [-0.05, 0) is 12.1 Å². The van der Waals surface area contributed by atoms with Crippen molar-refractivity contribution < 1.29 is 9.47 Å². The van der Waals surface area contributed by atoms with Crippen LogP contribution in [0.4, 0.5) is 0 Å². The van der Waals surface area contributed by atoms with Crippen molar-refractivity contribution in [2.24, 2.45) is 10.9 Å². The predicted octanol–water partition coefficient (Wildman–Crippen LogP) is 1.50. The van der Waals surface area contributed by atoms with E-state index < -0.39 is 0 Å². The summed E-state index contributed by atoms with van der Waals surface area (Å²) in [6.07, 6.45) is 1.51. The van der Waals surface area contributed by atoms with E-state index >= 15 is 0 Å². The van der Waals surface area contributed by atoms with Crippen molar-refractivity contribution in [2.45, 2.75) is 6.61 Å². The quantitative estimate of drug-likeness (QED) is 0.436. The lowest BCUT2D eigenvalue weighted by molar-refractivity contribution is -0.0164. The molecule has 0 spiro atoms. The topological polar surface area (TPSA) is 56.8 Å². The van der Waals surface area contributed by atoms with E-state index in [1.54, 1.807) is 6.07 Å². The highest BCUT2D eigenvalue weighted by Gasteiger charge is 2.15. The first kappa shape index (κ1) is 9.30. The Kier molecular flexibility index (Phi) is 2.56. The van der Waals surface area contributed by atoms with Crippen molar-refractivity contribution in [1.82, 2.24) is 0 Å². The second-order valence-corrected chi connectivity index (χ2v) is 3.31. The van der Waals surface area contributed by atoms with E-state index in [2.05, 4.69) is 5.10 Å². The van der Waals surface area contributed by atoms with Gasteiger partial charge in [-0.15, -0.1) is 0 Å². The Morgan fingerprint density at radius 1 is 1.50 bits per heavy atom. The van der Waals surface area contributed by atoms with Gasteiger partial charge >= 0.3 is 0 Å². The number of halogens is 1. The fourth-order valence-electron chi connectivity index (χ4n) is 1.38. The molecule has 0 aliphatic carbocycles. The molecule has 0 atom stereocenters. The van der Waals surface area contributed by atoms with Gasteiger partial charge in [-0.3, -0.25) is 0 Å². The Hall–Kier alpha value is -1.26. The van der Waals surface area contributed by atoms with Crippen LogP contribution < -0.4 is 10.6 Å². The molecule has 0 aromatic heterocycles. The van der Waals surface area contributed by atoms with E-state index in [9.17, 15) is 0 Å². The molecule has 1 aromatic rings. The molecule has 1 aliphatic heterocycles. The number of rotatable bonds is 1. The van der Waals surface area contributed by atoms with Crippen LogP contribution in [0, 0.1) is 0 Å². The Labute approximate surface area is 86.3 Å². The predicted molar refractivity (Wildman–Crippen MR) is 53.5 cm³/mol. The third-order valence-corrected chi connectivity index (χ3v) is 2.14. The molecule has 0 saturated carbocycles. The molecule has 0 radical (unpaired) electrons. The minimum Gasteiger partial charge on any atom is -0.466 e. The van der Waals surface area contributed by atoms with E-state index in [-0.39, 0.29) is 6.79 Å². The van der Waals surface area contributed by atoms with Crippen LogP contribution in [0.1, 0.15) is 11.1 Å². The number of nitrogens with two attached hydrogens (primary N) is 1. The number of hydrogen-bond acceptors (Lipinski definition) is 4. The molecular weight excluding hydrogens is 204 g/mol. The Balaban J connectivity index is 2.52. The molecule has 0 bridgehead atoms. The summed E-state index contributed by atoms with van der Waals surface area (Å²) in [7, 11) is 0. The van der Waals surface area contributed by atoms with E-state index in [4.69, 9.17) is 26.9 Å². The molecule has 2 N–H and O–H groups in total. The van der Waals surface area contributed by atoms with Crippen molar-refractivity contribution in [3.8, 4) is 5.75 Å². The average Bonchev–Trinajstić information content (AvgIpc) is 2.18. The highest BCUT2D eigenvalue weighted by atomic mass is 35.5. The Bertz CT molecular complexity index is 379. The van der Waals surface area contributed by atoms with Crippen LogP contribution in [0.25, 0.3) is 0 Å². The zero-order valence-corrected chi connectivity index (χ0v) is 8.12. The van der Waals surface area contributed by atoms with Crippen molar-refractivity contribution in [3.63, 3.8) is 0 Å². The Morgan fingerprint density at radius 3 is 3.14 bits per heavy atom. The van der Waals surface area contributed by atoms with Gasteiger partial charge in [0.15, 0.2) is 6.79 Å². The summed E-state index contributed by atoms with van der Waals surface area (Å²) in [4.78, 5) is 0. The lowest BCUT2D eigenvalue weighted by atomic mass is 10.1. The molecule has 4 nitrogen and oxygen atoms in total. The molecule has 5 heteroatoms. The highest BCUT2D eigenvalue weighted by Crippen LogP contribution is 2.30. The molecule has 2 rings (SSSR count). The lowest BCUT2D eigenvalue weighted by Crippen LogP contribution is -2.13. The van der Waals surface area contributed by atoms with Crippen molar-refractivity contribution >= 4 is 17.8 Å². The maximum Gasteiger partial charge on any atom is 0.189 e. The first-order valence-corrected chi connectivity index (χ1v) is 4.45. The molecule has 14 heavy (non-hydrogen) atoms. The summed E-state index contributed by atoms with van der Waals surface area (Å²) in [5.74, 6) is 5.83. The number of hydrazone groups is 1. The van der Waals surface area contributed by atoms with Crippen LogP contribution in [0.5, 0.6) is 5.75 Å². The molecule has 74 valence electrons. The minimum absolute atomic E-state index is 0.250. The first-order chi connectivity index (χ1) is 6.81. The largest absolute Gasteiger partial charge is 0.466 e. The normalized spacial score (nSPS) is 15.2. The van der Waals surface area contributed by atoms with Gasteiger partial charge in [0.05, 0.1) is 12.8 Å². The molecule has 1 aromatic carbocycles. The van der Waals surface area contributed by atoms with Crippen LogP contribution in [-0.2, 0) is 11.3 Å². The number of benzene rings is 1. The van der Waals surface area contributed by atoms with E-state index in [1.165, 1.54) is 6.21 Å². The summed E-state index contributed by atoms with van der Waals surface area (Å²) < 4.78 is 10.5. The molecule has 0 amide bonds. The van der Waals surface area contributed by atoms with Gasteiger partial charge in [-0.2, -0.15) is 5.10 Å². The lowest BCUT2D eigenvalue weighted by Gasteiger charge is -2.19. The van der Waals surface area contributed by atoms with Crippen LogP contribution >= 0.6 is 11.6 Å². The van der Waals surface area contributed by atoms with Crippen LogP contribution in [0.3, 0.4) is 0 Å². The summed E-state index contributed by atoms with van der Waals surface area (Å²) in [5, 5.41) is 4.07. The summed E-state index contributed by atoms with van der Waals surface area (Å²) >= 11 is 5.90. The number of fused-ring (bicyclic) bond motifs is 1. The summed E-state index contributed by atoms with van der Waals surface area (Å²) in [6, 6.07) is 3.56. The molecule has 1 heterocycles. The third kappa shape index (κ3) is 1.66. The van der Waals surface area contributed by atoms with Gasteiger partial charge in [0.2, 0.25) is 0 Å². The molecule has 0 saturated heterocycles. The van der Waals surface area contributed by atoms with Crippen molar-refractivity contribution in [1.29, 1.82) is 0 Å². The third-order valence-electron chi connectivity index (χ3n) is 1.92. The number of ether oxygens (including phenoxy) is 2. The van der Waals surface area contributed by atoms with Gasteiger partial charge in [0.1, 0.15) is 5.75 Å². The van der Waals surface area contributed by atoms with Gasteiger partial charge in [0.25, 0.3) is 0 Å². The second-order valence-electron chi connectivity index (χ2n) is 2.87. The molecule has 0 fully saturated rings. The van der Waals surface area contributed by atoms with Crippen LogP contribution in [0.15, 0.2) is 17.2 Å². The minimum atomic E-state index is 0.250. The van der Waals surface area contributed by atoms with E-state index in [0.717, 1.165) is 16.9 Å². The second kappa shape index (κ2) is 3.86. The number of hydrogen-bond donors (Lipinski definition) is 1. The molecule has 1 aliphatic rings. The maximum absolute atomic E-state index is 5.90. The maximum atomic E-state index is 5.90. The van der Waals surface area contributed by atoms with Gasteiger partial charge in [-0.1, -0.05) is 11.6 Å². The summed E-state index contributed by atoms with van der Waals surface area (Å²) in [5.41, 5.74) is 1.69. The van der Waals surface area contributed by atoms with Crippen LogP contribution in [0.2, 0.25) is 5.02 Å². The van der Waals surface area contributed by atoms with Crippen molar-refractivity contribution in [3.05, 3.63) is 28.3 Å². The monoisotopic (exact) mass is 212 g/mol. The first-order valence-electron chi connectivity index (χ1n) is 4.07. The number of nitrogens with zero attached hydrogens (tertiary/aromatic N) is 1. The SMILES string of the molecule is NN=Cc1cc(Cl)cc2c1OCOC2. The van der Waals surface area contributed by atoms with Gasteiger partial charge in [0, 0.05) is 16.1 Å². The fourth-order valence-corrected chi connectivity index (χ4v) is 1.63. The van der Waals surface area contributed by atoms with Crippen LogP contribution in [-0.4, -0.2) is 13.0 Å². The van der Waals surface area contributed by atoms with Gasteiger partial charge < -0.3 is 15.3 Å². The zero-order chi connectivity index (χ0) is 9.97. The van der Waals surface area contributed by atoms with Crippen molar-refractivity contribution in [2.75, 3.05) is 6.79 Å². The molecule has 0 unspecified atom stereocenters.